The number of hydrogen-bond donors (Lipinski definition) is 0. The molecule has 8 aromatic rings. The number of rotatable bonds is 13. The van der Waals surface area contributed by atoms with Gasteiger partial charge in [0.05, 0.1) is 0 Å². The van der Waals surface area contributed by atoms with Gasteiger partial charge in [-0.15, -0.1) is 0 Å². The van der Waals surface area contributed by atoms with Gasteiger partial charge in [0, 0.05) is 0 Å². The normalized spacial score (nSPS) is 12.1. The first-order chi connectivity index (χ1) is 27.8. The molecular formula is C52H42P4. The highest BCUT2D eigenvalue weighted by Crippen LogP contribution is 2.61. The van der Waals surface area contributed by atoms with Crippen molar-refractivity contribution in [3.05, 3.63) is 265 Å². The van der Waals surface area contributed by atoms with Crippen LogP contribution in [0.1, 0.15) is 0 Å². The van der Waals surface area contributed by atoms with E-state index >= 15 is 0 Å². The molecule has 8 aromatic carbocycles. The molecule has 0 N–H and O–H groups in total. The van der Waals surface area contributed by atoms with E-state index in [0.717, 1.165) is 0 Å². The summed E-state index contributed by atoms with van der Waals surface area (Å²) in [6, 6.07) is 89.7. The van der Waals surface area contributed by atoms with Gasteiger partial charge < -0.3 is 0 Å². The van der Waals surface area contributed by atoms with Crippen LogP contribution >= 0.6 is 31.7 Å². The van der Waals surface area contributed by atoms with Crippen molar-refractivity contribution < 1.29 is 0 Å². The summed E-state index contributed by atoms with van der Waals surface area (Å²) in [6.45, 7) is 0. The van der Waals surface area contributed by atoms with Crippen molar-refractivity contribution in [1.29, 1.82) is 0 Å². The molecule has 0 saturated carbocycles. The summed E-state index contributed by atoms with van der Waals surface area (Å²) >= 11 is 0. The van der Waals surface area contributed by atoms with Crippen LogP contribution in [0.3, 0.4) is 0 Å². The molecule has 0 aliphatic rings. The molecule has 0 bridgehead atoms. The summed E-state index contributed by atoms with van der Waals surface area (Å²) in [5, 5.41) is 13.6. The summed E-state index contributed by atoms with van der Waals surface area (Å²) in [5.41, 5.74) is 0. The molecule has 0 fully saturated rings. The average molecular weight is 791 g/mol. The van der Waals surface area contributed by atoms with Gasteiger partial charge in [0.1, 0.15) is 0 Å². The van der Waals surface area contributed by atoms with Gasteiger partial charge in [0.15, 0.2) is 0 Å². The fourth-order valence-corrected chi connectivity index (χ4v) is 17.4. The fourth-order valence-electron chi connectivity index (χ4n) is 6.83. The van der Waals surface area contributed by atoms with Crippen LogP contribution in [0.15, 0.2) is 265 Å². The first kappa shape index (κ1) is 37.9. The minimum absolute atomic E-state index is 0.901. The lowest BCUT2D eigenvalue weighted by molar-refractivity contribution is 1.72. The molecule has 0 saturated heterocycles. The highest BCUT2D eigenvalue weighted by molar-refractivity contribution is 7.84. The van der Waals surface area contributed by atoms with Crippen LogP contribution in [0, 0.1) is 0 Å². The third kappa shape index (κ3) is 9.15. The molecule has 0 atom stereocenters. The Morgan fingerprint density at radius 3 is 0.554 bits per heavy atom. The second kappa shape index (κ2) is 19.2. The van der Waals surface area contributed by atoms with Crippen molar-refractivity contribution in [2.24, 2.45) is 0 Å². The van der Waals surface area contributed by atoms with Crippen LogP contribution in [0.25, 0.3) is 0 Å². The fraction of sp³-hybridized carbons (Fsp3) is 0. The Hall–Kier alpha value is -5.04. The van der Waals surface area contributed by atoms with Gasteiger partial charge in [0.25, 0.3) is 0 Å². The molecule has 0 amide bonds. The summed E-state index contributed by atoms with van der Waals surface area (Å²) < 4.78 is 0. The lowest BCUT2D eigenvalue weighted by Gasteiger charge is -2.32. The van der Waals surface area contributed by atoms with Crippen molar-refractivity contribution in [2.45, 2.75) is 0 Å². The molecule has 0 radical (unpaired) electrons. The van der Waals surface area contributed by atoms with E-state index < -0.39 is 31.7 Å². The summed E-state index contributed by atoms with van der Waals surface area (Å²) in [7, 11) is -3.83. The van der Waals surface area contributed by atoms with Gasteiger partial charge in [-0.05, 0) is 96.4 Å². The van der Waals surface area contributed by atoms with Crippen molar-refractivity contribution in [1.82, 2.24) is 0 Å². The van der Waals surface area contributed by atoms with E-state index in [9.17, 15) is 0 Å². The van der Waals surface area contributed by atoms with Crippen LogP contribution in [0.5, 0.6) is 0 Å². The zero-order valence-corrected chi connectivity index (χ0v) is 34.6. The van der Waals surface area contributed by atoms with E-state index in [1.807, 2.05) is 0 Å². The number of hydrogen-bond acceptors (Lipinski definition) is 0. The zero-order chi connectivity index (χ0) is 37.8. The third-order valence-corrected chi connectivity index (χ3v) is 19.4. The second-order valence-electron chi connectivity index (χ2n) is 13.1. The van der Waals surface area contributed by atoms with Crippen molar-refractivity contribution in [3.63, 3.8) is 0 Å². The first-order valence-corrected chi connectivity index (χ1v) is 24.4. The Morgan fingerprint density at radius 1 is 0.214 bits per heavy atom. The summed E-state index contributed by atoms with van der Waals surface area (Å²) in [6.07, 6.45) is 0. The largest absolute Gasteiger partial charge is 0.0622 e. The van der Waals surface area contributed by atoms with Gasteiger partial charge in [-0.25, -0.2) is 0 Å². The molecule has 0 unspecified atom stereocenters. The molecule has 56 heavy (non-hydrogen) atoms. The molecular weight excluding hydrogens is 748 g/mol. The molecule has 0 nitrogen and oxygen atoms in total. The molecule has 0 aliphatic carbocycles. The van der Waals surface area contributed by atoms with Gasteiger partial charge in [-0.1, -0.05) is 243 Å². The minimum atomic E-state index is -1.01. The maximum absolute atomic E-state index is 2.71. The topological polar surface area (TPSA) is 0 Å². The quantitative estimate of drug-likeness (QED) is 0.0806. The van der Waals surface area contributed by atoms with Crippen LogP contribution in [-0.2, 0) is 0 Å². The Labute approximate surface area is 337 Å². The average Bonchev–Trinajstić information content (AvgIpc) is 3.29. The van der Waals surface area contributed by atoms with Gasteiger partial charge in [-0.3, -0.25) is 0 Å². The Kier molecular flexibility index (Phi) is 13.0. The van der Waals surface area contributed by atoms with E-state index in [-0.39, 0.29) is 0 Å². The third-order valence-electron chi connectivity index (χ3n) is 9.44. The van der Waals surface area contributed by atoms with Crippen molar-refractivity contribution >= 4 is 74.1 Å². The van der Waals surface area contributed by atoms with E-state index in [1.165, 1.54) is 53.1 Å². The maximum atomic E-state index is 2.71. The SMILES string of the molecule is C(=C(C(=CP(c1ccccc1)c1ccccc1)P(c1ccccc1)c1ccccc1)P(c1ccccc1)c1ccccc1)P(c1ccccc1)c1ccccc1. The zero-order valence-electron chi connectivity index (χ0n) is 31.0. The molecule has 0 heterocycles. The first-order valence-electron chi connectivity index (χ1n) is 18.9. The Balaban J connectivity index is 1.52. The van der Waals surface area contributed by atoms with Crippen molar-refractivity contribution in [2.75, 3.05) is 0 Å². The van der Waals surface area contributed by atoms with E-state index in [1.54, 1.807) is 0 Å². The van der Waals surface area contributed by atoms with E-state index in [2.05, 4.69) is 254 Å². The maximum Gasteiger partial charge on any atom is -0.00559 e. The molecule has 270 valence electrons. The molecule has 4 heteroatoms. The molecule has 8 rings (SSSR count). The predicted molar refractivity (Wildman–Crippen MR) is 252 cm³/mol. The van der Waals surface area contributed by atoms with E-state index in [0.29, 0.717) is 0 Å². The monoisotopic (exact) mass is 790 g/mol. The molecule has 0 aromatic heterocycles. The van der Waals surface area contributed by atoms with Gasteiger partial charge in [0.2, 0.25) is 0 Å². The molecule has 0 spiro atoms. The van der Waals surface area contributed by atoms with Gasteiger partial charge >= 0.3 is 0 Å². The highest BCUT2D eigenvalue weighted by atomic mass is 31.1. The second-order valence-corrected chi connectivity index (χ2v) is 21.6. The predicted octanol–water partition coefficient (Wildman–Crippen LogP) is 11.2. The molecule has 0 aliphatic heterocycles. The smallest absolute Gasteiger partial charge is 0.00559 e. The number of benzene rings is 8. The standard InChI is InChI=1S/C52H42P4/c1-9-25-43(26-10-1)53(44-27-11-2-12-28-44)41-51(55(47-33-17-5-18-34-47)48-35-19-6-20-36-48)52(56(49-37-21-7-22-38-49)50-39-23-8-24-40-50)42-54(45-29-13-3-14-30-45)46-31-15-4-16-32-46/h1-42H. The minimum Gasteiger partial charge on any atom is -0.0622 e. The van der Waals surface area contributed by atoms with Crippen molar-refractivity contribution in [3.8, 4) is 0 Å². The highest BCUT2D eigenvalue weighted by Gasteiger charge is 2.31. The van der Waals surface area contributed by atoms with Crippen LogP contribution < -0.4 is 42.4 Å². The summed E-state index contributed by atoms with van der Waals surface area (Å²) in [4.78, 5) is 0. The van der Waals surface area contributed by atoms with Crippen LogP contribution in [0.4, 0.5) is 0 Å². The Morgan fingerprint density at radius 2 is 0.375 bits per heavy atom. The Bertz CT molecular complexity index is 2110. The van der Waals surface area contributed by atoms with Crippen LogP contribution in [0.2, 0.25) is 0 Å². The number of allylic oxidation sites excluding steroid dienone is 2. The lowest BCUT2D eigenvalue weighted by atomic mass is 10.4. The van der Waals surface area contributed by atoms with E-state index in [4.69, 9.17) is 0 Å². The summed E-state index contributed by atoms with van der Waals surface area (Å²) in [5.74, 6) is 5.42. The lowest BCUT2D eigenvalue weighted by Crippen LogP contribution is -2.19. The van der Waals surface area contributed by atoms with Crippen LogP contribution in [-0.4, -0.2) is 0 Å². The van der Waals surface area contributed by atoms with Gasteiger partial charge in [-0.2, -0.15) is 0 Å².